The van der Waals surface area contributed by atoms with Gasteiger partial charge in [0.2, 0.25) is 10.0 Å². The van der Waals surface area contributed by atoms with Gasteiger partial charge in [0.05, 0.1) is 11.5 Å². The molecule has 1 heterocycles. The second-order valence-electron chi connectivity index (χ2n) is 5.08. The van der Waals surface area contributed by atoms with Gasteiger partial charge in [0.15, 0.2) is 0 Å². The highest BCUT2D eigenvalue weighted by Gasteiger charge is 2.25. The van der Waals surface area contributed by atoms with Crippen LogP contribution in [0.25, 0.3) is 0 Å². The van der Waals surface area contributed by atoms with Crippen molar-refractivity contribution in [3.05, 3.63) is 41.5 Å². The van der Waals surface area contributed by atoms with Gasteiger partial charge in [-0.3, -0.25) is 0 Å². The number of sulfonamides is 1. The van der Waals surface area contributed by atoms with Crippen molar-refractivity contribution in [2.45, 2.75) is 17.9 Å². The van der Waals surface area contributed by atoms with Crippen LogP contribution in [0.1, 0.15) is 12.0 Å². The first-order chi connectivity index (χ1) is 10.1. The van der Waals surface area contributed by atoms with Crippen molar-refractivity contribution in [2.75, 3.05) is 33.9 Å². The summed E-state index contributed by atoms with van der Waals surface area (Å²) < 4.78 is 31.7. The van der Waals surface area contributed by atoms with Crippen molar-refractivity contribution in [3.8, 4) is 0 Å². The fraction of sp³-hybridized carbons (Fsp3) is 0.467. The van der Waals surface area contributed by atoms with Crippen molar-refractivity contribution in [1.29, 1.82) is 0 Å². The Morgan fingerprint density at radius 1 is 1.29 bits per heavy atom. The molecule has 0 fully saturated rings. The first-order valence-electron chi connectivity index (χ1n) is 6.98. The average Bonchev–Trinajstić information content (AvgIpc) is 2.49. The number of nitrogens with one attached hydrogen (secondary N) is 1. The van der Waals surface area contributed by atoms with Crippen molar-refractivity contribution < 1.29 is 13.2 Å². The van der Waals surface area contributed by atoms with Crippen LogP contribution in [0.3, 0.4) is 0 Å². The molecule has 116 valence electrons. The predicted octanol–water partition coefficient (Wildman–Crippen LogP) is 1.37. The van der Waals surface area contributed by atoms with Crippen LogP contribution in [0.5, 0.6) is 0 Å². The Balaban J connectivity index is 2.11. The number of benzene rings is 1. The third-order valence-corrected chi connectivity index (χ3v) is 5.42. The molecule has 1 aromatic rings. The Morgan fingerprint density at radius 2 is 2.00 bits per heavy atom. The predicted molar refractivity (Wildman–Crippen MR) is 82.5 cm³/mol. The molecule has 1 aliphatic heterocycles. The Labute approximate surface area is 126 Å². The molecule has 0 radical (unpaired) electrons. The Kier molecular flexibility index (Phi) is 5.52. The number of hydrogen-bond acceptors (Lipinski definition) is 4. The Bertz CT molecular complexity index is 594. The fourth-order valence-electron chi connectivity index (χ4n) is 2.36. The van der Waals surface area contributed by atoms with Gasteiger partial charge in [-0.1, -0.05) is 18.2 Å². The fourth-order valence-corrected chi connectivity index (χ4v) is 3.74. The van der Waals surface area contributed by atoms with E-state index in [-0.39, 0.29) is 0 Å². The van der Waals surface area contributed by atoms with E-state index in [4.69, 9.17) is 4.74 Å². The summed E-state index contributed by atoms with van der Waals surface area (Å²) in [5.41, 5.74) is 2.23. The maximum atomic E-state index is 12.6. The van der Waals surface area contributed by atoms with Gasteiger partial charge in [-0.2, -0.15) is 4.31 Å². The summed E-state index contributed by atoms with van der Waals surface area (Å²) in [6.45, 7) is 2.23. The number of rotatable bonds is 6. The first kappa shape index (κ1) is 16.2. The molecule has 1 aromatic carbocycles. The third kappa shape index (κ3) is 3.91. The molecule has 21 heavy (non-hydrogen) atoms. The Morgan fingerprint density at radius 3 is 2.52 bits per heavy atom. The van der Waals surface area contributed by atoms with Crippen LogP contribution in [0.15, 0.2) is 40.8 Å². The summed E-state index contributed by atoms with van der Waals surface area (Å²) in [4.78, 5) is 0.353. The van der Waals surface area contributed by atoms with Crippen LogP contribution in [-0.2, 0) is 21.3 Å². The molecule has 0 aromatic heterocycles. The van der Waals surface area contributed by atoms with Crippen LogP contribution in [-0.4, -0.2) is 46.6 Å². The molecule has 0 saturated carbocycles. The first-order valence-corrected chi connectivity index (χ1v) is 8.42. The highest BCUT2D eigenvalue weighted by atomic mass is 32.2. The minimum absolute atomic E-state index is 0.353. The number of methoxy groups -OCH3 is 1. The third-order valence-electron chi connectivity index (χ3n) is 3.54. The average molecular weight is 310 g/mol. The van der Waals surface area contributed by atoms with E-state index in [1.807, 2.05) is 25.3 Å². The van der Waals surface area contributed by atoms with E-state index in [2.05, 4.69) is 5.32 Å². The summed E-state index contributed by atoms with van der Waals surface area (Å²) in [6.07, 6.45) is 2.67. The van der Waals surface area contributed by atoms with E-state index in [1.165, 1.54) is 4.31 Å². The topological polar surface area (TPSA) is 58.6 Å². The van der Waals surface area contributed by atoms with Gasteiger partial charge >= 0.3 is 0 Å². The second kappa shape index (κ2) is 7.17. The lowest BCUT2D eigenvalue weighted by Gasteiger charge is -2.25. The molecule has 6 heteroatoms. The van der Waals surface area contributed by atoms with E-state index in [1.54, 1.807) is 19.2 Å². The zero-order chi connectivity index (χ0) is 15.3. The Hall–Kier alpha value is -1.21. The number of ether oxygens (including phenoxy) is 1. The highest BCUT2D eigenvalue weighted by molar-refractivity contribution is 7.89. The monoisotopic (exact) mass is 310 g/mol. The molecule has 0 amide bonds. The standard InChI is InChI=1S/C15H22N2O3S/c1-16-11-13-3-5-15(6-4-13)21(18,19)17-9-7-14(8-10-17)12-20-2/h3-7,16H,8-12H2,1-2H3. The summed E-state index contributed by atoms with van der Waals surface area (Å²) in [5, 5.41) is 3.04. The van der Waals surface area contributed by atoms with Crippen molar-refractivity contribution >= 4 is 10.0 Å². The van der Waals surface area contributed by atoms with Crippen LogP contribution >= 0.6 is 0 Å². The van der Waals surface area contributed by atoms with Crippen LogP contribution in [0.2, 0.25) is 0 Å². The van der Waals surface area contributed by atoms with Gasteiger partial charge in [-0.15, -0.1) is 0 Å². The summed E-state index contributed by atoms with van der Waals surface area (Å²) >= 11 is 0. The van der Waals surface area contributed by atoms with Gasteiger partial charge in [0.1, 0.15) is 0 Å². The van der Waals surface area contributed by atoms with Crippen molar-refractivity contribution in [1.82, 2.24) is 9.62 Å². The van der Waals surface area contributed by atoms with Crippen molar-refractivity contribution in [2.24, 2.45) is 0 Å². The van der Waals surface area contributed by atoms with Crippen LogP contribution < -0.4 is 5.32 Å². The van der Waals surface area contributed by atoms with E-state index in [0.29, 0.717) is 24.6 Å². The molecule has 5 nitrogen and oxygen atoms in total. The SMILES string of the molecule is CNCc1ccc(S(=O)(=O)N2CC=C(COC)CC2)cc1. The molecular weight excluding hydrogens is 288 g/mol. The van der Waals surface area contributed by atoms with E-state index in [0.717, 1.165) is 24.1 Å². The van der Waals surface area contributed by atoms with Gasteiger partial charge in [-0.05, 0) is 36.7 Å². The molecule has 1 N–H and O–H groups in total. The van der Waals surface area contributed by atoms with E-state index in [9.17, 15) is 8.42 Å². The van der Waals surface area contributed by atoms with E-state index < -0.39 is 10.0 Å². The van der Waals surface area contributed by atoms with Crippen LogP contribution in [0.4, 0.5) is 0 Å². The van der Waals surface area contributed by atoms with Crippen molar-refractivity contribution in [3.63, 3.8) is 0 Å². The van der Waals surface area contributed by atoms with Gasteiger partial charge in [0.25, 0.3) is 0 Å². The summed E-state index contributed by atoms with van der Waals surface area (Å²) in [5.74, 6) is 0. The largest absolute Gasteiger partial charge is 0.380 e. The van der Waals surface area contributed by atoms with Gasteiger partial charge < -0.3 is 10.1 Å². The lowest BCUT2D eigenvalue weighted by molar-refractivity contribution is 0.219. The zero-order valence-corrected chi connectivity index (χ0v) is 13.3. The number of hydrogen-bond donors (Lipinski definition) is 1. The second-order valence-corrected chi connectivity index (χ2v) is 7.02. The quantitative estimate of drug-likeness (QED) is 0.806. The zero-order valence-electron chi connectivity index (χ0n) is 12.5. The smallest absolute Gasteiger partial charge is 0.243 e. The molecule has 0 aliphatic carbocycles. The minimum atomic E-state index is -3.40. The maximum Gasteiger partial charge on any atom is 0.243 e. The number of nitrogens with zero attached hydrogens (tertiary/aromatic N) is 1. The molecule has 1 aliphatic rings. The lowest BCUT2D eigenvalue weighted by atomic mass is 10.1. The molecule has 2 rings (SSSR count). The summed E-state index contributed by atoms with van der Waals surface area (Å²) in [7, 11) is 0.108. The normalized spacial score (nSPS) is 16.8. The van der Waals surface area contributed by atoms with Crippen LogP contribution in [0, 0.1) is 0 Å². The van der Waals surface area contributed by atoms with Gasteiger partial charge in [0, 0.05) is 26.7 Å². The minimum Gasteiger partial charge on any atom is -0.380 e. The molecule has 0 bridgehead atoms. The maximum absolute atomic E-state index is 12.6. The highest BCUT2D eigenvalue weighted by Crippen LogP contribution is 2.21. The molecule has 0 saturated heterocycles. The van der Waals surface area contributed by atoms with Gasteiger partial charge in [-0.25, -0.2) is 8.42 Å². The molecule has 0 atom stereocenters. The summed E-state index contributed by atoms with van der Waals surface area (Å²) in [6, 6.07) is 7.05. The molecule has 0 spiro atoms. The molecular formula is C15H22N2O3S. The van der Waals surface area contributed by atoms with E-state index >= 15 is 0 Å². The lowest BCUT2D eigenvalue weighted by Crippen LogP contribution is -2.35. The molecule has 0 unspecified atom stereocenters.